The average molecular weight is 299 g/mol. The molecule has 2 heteroatoms. The Hall–Kier alpha value is -2.61. The van der Waals surface area contributed by atoms with E-state index >= 15 is 0 Å². The average Bonchev–Trinajstić information content (AvgIpc) is 2.98. The normalized spacial score (nSPS) is 14.3. The standard InChI is InChI=1S/C21H17NO/c1-2-7-15-13-20-18(12-14(15)6-1)16-8-5-9-17(21(16)23-20)19-10-3-4-11-22-19/h3-5,8-13H,1-2,6-7H2. The van der Waals surface area contributed by atoms with Crippen LogP contribution in [0.4, 0.5) is 0 Å². The van der Waals surface area contributed by atoms with Crippen molar-refractivity contribution in [3.8, 4) is 11.3 Å². The van der Waals surface area contributed by atoms with Crippen LogP contribution < -0.4 is 0 Å². The number of rotatable bonds is 1. The van der Waals surface area contributed by atoms with Crippen molar-refractivity contribution < 1.29 is 4.42 Å². The van der Waals surface area contributed by atoms with Gasteiger partial charge in [0.1, 0.15) is 11.2 Å². The van der Waals surface area contributed by atoms with E-state index in [9.17, 15) is 0 Å². The van der Waals surface area contributed by atoms with Gasteiger partial charge in [0, 0.05) is 22.5 Å². The molecule has 0 unspecified atom stereocenters. The first kappa shape index (κ1) is 12.9. The second-order valence-corrected chi connectivity index (χ2v) is 6.32. The van der Waals surface area contributed by atoms with E-state index in [4.69, 9.17) is 4.42 Å². The number of furan rings is 1. The first-order valence-electron chi connectivity index (χ1n) is 8.28. The number of hydrogen-bond donors (Lipinski definition) is 0. The third-order valence-corrected chi connectivity index (χ3v) is 4.90. The lowest BCUT2D eigenvalue weighted by atomic mass is 9.90. The maximum atomic E-state index is 6.26. The number of fused-ring (bicyclic) bond motifs is 4. The lowest BCUT2D eigenvalue weighted by molar-refractivity contribution is 0.660. The summed E-state index contributed by atoms with van der Waals surface area (Å²) in [7, 11) is 0. The predicted octanol–water partition coefficient (Wildman–Crippen LogP) is 5.53. The van der Waals surface area contributed by atoms with Crippen LogP contribution in [0.1, 0.15) is 24.0 Å². The molecule has 5 rings (SSSR count). The molecule has 0 fully saturated rings. The number of aromatic nitrogens is 1. The van der Waals surface area contributed by atoms with Gasteiger partial charge in [0.05, 0.1) is 5.69 Å². The zero-order valence-corrected chi connectivity index (χ0v) is 12.9. The number of pyridine rings is 1. The van der Waals surface area contributed by atoms with Gasteiger partial charge < -0.3 is 4.42 Å². The number of hydrogen-bond acceptors (Lipinski definition) is 2. The summed E-state index contributed by atoms with van der Waals surface area (Å²) in [5, 5.41) is 2.43. The Balaban J connectivity index is 1.83. The molecule has 0 radical (unpaired) electrons. The monoisotopic (exact) mass is 299 g/mol. The van der Waals surface area contributed by atoms with Crippen LogP contribution >= 0.6 is 0 Å². The van der Waals surface area contributed by atoms with Gasteiger partial charge in [-0.25, -0.2) is 0 Å². The maximum absolute atomic E-state index is 6.26. The maximum Gasteiger partial charge on any atom is 0.144 e. The minimum Gasteiger partial charge on any atom is -0.455 e. The quantitative estimate of drug-likeness (QED) is 0.462. The van der Waals surface area contributed by atoms with Crippen LogP contribution in [0.25, 0.3) is 33.2 Å². The van der Waals surface area contributed by atoms with Gasteiger partial charge in [0.25, 0.3) is 0 Å². The minimum atomic E-state index is 0.948. The molecule has 2 aromatic heterocycles. The fourth-order valence-electron chi connectivity index (χ4n) is 3.75. The van der Waals surface area contributed by atoms with Crippen molar-refractivity contribution in [2.45, 2.75) is 25.7 Å². The lowest BCUT2D eigenvalue weighted by Crippen LogP contribution is -2.01. The summed E-state index contributed by atoms with van der Waals surface area (Å²) in [6.45, 7) is 0. The highest BCUT2D eigenvalue weighted by Crippen LogP contribution is 2.37. The number of aryl methyl sites for hydroxylation is 2. The fraction of sp³-hybridized carbons (Fsp3) is 0.190. The summed E-state index contributed by atoms with van der Waals surface area (Å²) >= 11 is 0. The zero-order valence-electron chi connectivity index (χ0n) is 12.9. The molecule has 0 atom stereocenters. The topological polar surface area (TPSA) is 26.0 Å². The van der Waals surface area contributed by atoms with Crippen molar-refractivity contribution in [1.29, 1.82) is 0 Å². The number of para-hydroxylation sites is 1. The molecule has 0 amide bonds. The zero-order chi connectivity index (χ0) is 15.2. The van der Waals surface area contributed by atoms with E-state index in [1.807, 2.05) is 24.4 Å². The Bertz CT molecular complexity index is 1010. The van der Waals surface area contributed by atoms with Crippen molar-refractivity contribution in [3.63, 3.8) is 0 Å². The molecule has 0 spiro atoms. The van der Waals surface area contributed by atoms with Crippen molar-refractivity contribution in [3.05, 3.63) is 65.9 Å². The van der Waals surface area contributed by atoms with Gasteiger partial charge in [0.2, 0.25) is 0 Å². The van der Waals surface area contributed by atoms with Crippen molar-refractivity contribution in [2.24, 2.45) is 0 Å². The van der Waals surface area contributed by atoms with Crippen LogP contribution in [0.3, 0.4) is 0 Å². The SMILES string of the molecule is c1ccc(-c2cccc3c2oc2cc4c(cc23)CCCC4)nc1. The largest absolute Gasteiger partial charge is 0.455 e. The second kappa shape index (κ2) is 4.95. The van der Waals surface area contributed by atoms with Crippen molar-refractivity contribution >= 4 is 21.9 Å². The number of nitrogens with zero attached hydrogens (tertiary/aromatic N) is 1. The highest BCUT2D eigenvalue weighted by Gasteiger charge is 2.16. The molecular formula is C21H17NO. The predicted molar refractivity (Wildman–Crippen MR) is 93.6 cm³/mol. The molecule has 4 aromatic rings. The Morgan fingerprint density at radius 2 is 1.70 bits per heavy atom. The molecule has 0 bridgehead atoms. The van der Waals surface area contributed by atoms with Gasteiger partial charge in [0.15, 0.2) is 0 Å². The van der Waals surface area contributed by atoms with Crippen LogP contribution in [0.5, 0.6) is 0 Å². The smallest absolute Gasteiger partial charge is 0.144 e. The summed E-state index contributed by atoms with van der Waals surface area (Å²) in [5.41, 5.74) is 6.93. The van der Waals surface area contributed by atoms with Crippen LogP contribution in [-0.4, -0.2) is 4.98 Å². The Labute approximate surface area is 134 Å². The van der Waals surface area contributed by atoms with Gasteiger partial charge in [-0.05, 0) is 67.1 Å². The summed E-state index contributed by atoms with van der Waals surface area (Å²) < 4.78 is 6.26. The van der Waals surface area contributed by atoms with Gasteiger partial charge in [-0.3, -0.25) is 4.98 Å². The van der Waals surface area contributed by atoms with Gasteiger partial charge >= 0.3 is 0 Å². The Morgan fingerprint density at radius 1 is 0.826 bits per heavy atom. The Morgan fingerprint density at radius 3 is 2.52 bits per heavy atom. The second-order valence-electron chi connectivity index (χ2n) is 6.32. The molecule has 1 aliphatic carbocycles. The molecule has 2 aromatic carbocycles. The molecule has 112 valence electrons. The van der Waals surface area contributed by atoms with E-state index in [2.05, 4.69) is 35.3 Å². The molecule has 2 nitrogen and oxygen atoms in total. The molecule has 0 aliphatic heterocycles. The van der Waals surface area contributed by atoms with Crippen LogP contribution in [0, 0.1) is 0 Å². The lowest BCUT2D eigenvalue weighted by Gasteiger charge is -2.14. The summed E-state index contributed by atoms with van der Waals surface area (Å²) in [6, 6.07) is 16.9. The first-order valence-corrected chi connectivity index (χ1v) is 8.28. The van der Waals surface area contributed by atoms with Gasteiger partial charge in [-0.15, -0.1) is 0 Å². The summed E-state index contributed by atoms with van der Waals surface area (Å²) in [6.07, 6.45) is 6.79. The fourth-order valence-corrected chi connectivity index (χ4v) is 3.75. The van der Waals surface area contributed by atoms with E-state index in [-0.39, 0.29) is 0 Å². The molecule has 0 N–H and O–H groups in total. The van der Waals surface area contributed by atoms with Crippen LogP contribution in [0.2, 0.25) is 0 Å². The third kappa shape index (κ3) is 1.98. The van der Waals surface area contributed by atoms with E-state index < -0.39 is 0 Å². The van der Waals surface area contributed by atoms with E-state index in [0.29, 0.717) is 0 Å². The van der Waals surface area contributed by atoms with E-state index in [1.54, 1.807) is 0 Å². The highest BCUT2D eigenvalue weighted by molar-refractivity contribution is 6.09. The van der Waals surface area contributed by atoms with Crippen molar-refractivity contribution in [1.82, 2.24) is 4.98 Å². The van der Waals surface area contributed by atoms with Crippen LogP contribution in [-0.2, 0) is 12.8 Å². The molecule has 2 heterocycles. The third-order valence-electron chi connectivity index (χ3n) is 4.90. The molecule has 0 saturated carbocycles. The van der Waals surface area contributed by atoms with Crippen molar-refractivity contribution in [2.75, 3.05) is 0 Å². The highest BCUT2D eigenvalue weighted by atomic mass is 16.3. The van der Waals surface area contributed by atoms with Gasteiger partial charge in [-0.1, -0.05) is 18.2 Å². The molecule has 0 saturated heterocycles. The molecule has 23 heavy (non-hydrogen) atoms. The number of benzene rings is 2. The van der Waals surface area contributed by atoms with Crippen LogP contribution in [0.15, 0.2) is 59.1 Å². The van der Waals surface area contributed by atoms with E-state index in [0.717, 1.165) is 22.4 Å². The summed E-state index contributed by atoms with van der Waals surface area (Å²) in [4.78, 5) is 4.49. The van der Waals surface area contributed by atoms with E-state index in [1.165, 1.54) is 47.6 Å². The molecular weight excluding hydrogens is 282 g/mol. The summed E-state index contributed by atoms with van der Waals surface area (Å²) in [5.74, 6) is 0. The molecule has 1 aliphatic rings. The Kier molecular flexibility index (Phi) is 2.77. The first-order chi connectivity index (χ1) is 11.4. The minimum absolute atomic E-state index is 0.948. The van der Waals surface area contributed by atoms with Gasteiger partial charge in [-0.2, -0.15) is 0 Å².